The van der Waals surface area contributed by atoms with Crippen molar-refractivity contribution >= 4 is 12.4 Å². The largest absolute Gasteiger partial charge is 0.368 e. The van der Waals surface area contributed by atoms with Crippen LogP contribution in [0.25, 0.3) is 0 Å². The van der Waals surface area contributed by atoms with E-state index >= 15 is 0 Å². The lowest BCUT2D eigenvalue weighted by atomic mass is 9.95. The summed E-state index contributed by atoms with van der Waals surface area (Å²) in [5.41, 5.74) is 3.25. The van der Waals surface area contributed by atoms with Crippen molar-refractivity contribution in [3.05, 3.63) is 84.1 Å². The van der Waals surface area contributed by atoms with E-state index in [9.17, 15) is 4.39 Å². The monoisotopic (exact) mass is 339 g/mol. The van der Waals surface area contributed by atoms with Gasteiger partial charge in [-0.05, 0) is 61.7 Å². The van der Waals surface area contributed by atoms with E-state index in [1.807, 2.05) is 38.1 Å². The van der Waals surface area contributed by atoms with Gasteiger partial charge in [0, 0.05) is 24.9 Å². The Hall–Kier alpha value is -2.75. The van der Waals surface area contributed by atoms with E-state index in [0.29, 0.717) is 12.1 Å². The molecule has 1 aromatic carbocycles. The van der Waals surface area contributed by atoms with Crippen LogP contribution in [-0.4, -0.2) is 19.0 Å². The molecule has 0 spiro atoms. The number of allylic oxidation sites excluding steroid dienone is 4. The van der Waals surface area contributed by atoms with Crippen LogP contribution in [0.15, 0.2) is 77.2 Å². The summed E-state index contributed by atoms with van der Waals surface area (Å²) in [6, 6.07) is 5.32. The number of benzene rings is 1. The molecule has 0 aromatic heterocycles. The molecule has 3 nitrogen and oxygen atoms in total. The number of nitrogens with one attached hydrogen (secondary N) is 1. The quantitative estimate of drug-likeness (QED) is 0.494. The Morgan fingerprint density at radius 3 is 2.72 bits per heavy atom. The highest BCUT2D eigenvalue weighted by atomic mass is 19.1. The number of halogens is 1. The van der Waals surface area contributed by atoms with Gasteiger partial charge < -0.3 is 5.32 Å². The van der Waals surface area contributed by atoms with Gasteiger partial charge in [-0.2, -0.15) is 0 Å². The SMILES string of the molecule is C=CN/C=C\C(=C/C(C)c1ccc(C)c(F)c1)C(/C=C\N=C)=NCC. The highest BCUT2D eigenvalue weighted by Crippen LogP contribution is 2.22. The molecule has 0 aliphatic carbocycles. The van der Waals surface area contributed by atoms with Crippen molar-refractivity contribution in [3.63, 3.8) is 0 Å². The third-order valence-electron chi connectivity index (χ3n) is 3.59. The summed E-state index contributed by atoms with van der Waals surface area (Å²) in [7, 11) is 0. The molecule has 0 bridgehead atoms. The maximum atomic E-state index is 13.9. The molecule has 0 aliphatic rings. The first-order valence-electron chi connectivity index (χ1n) is 8.22. The molecule has 1 N–H and O–H groups in total. The molecule has 1 unspecified atom stereocenters. The highest BCUT2D eigenvalue weighted by Gasteiger charge is 2.09. The summed E-state index contributed by atoms with van der Waals surface area (Å²) < 4.78 is 13.9. The lowest BCUT2D eigenvalue weighted by molar-refractivity contribution is 0.615. The average molecular weight is 339 g/mol. The van der Waals surface area contributed by atoms with Crippen molar-refractivity contribution in [2.45, 2.75) is 26.7 Å². The average Bonchev–Trinajstić information content (AvgIpc) is 2.60. The van der Waals surface area contributed by atoms with Gasteiger partial charge in [0.2, 0.25) is 0 Å². The van der Waals surface area contributed by atoms with Crippen LogP contribution >= 0.6 is 0 Å². The van der Waals surface area contributed by atoms with Gasteiger partial charge in [0.05, 0.1) is 5.71 Å². The van der Waals surface area contributed by atoms with Crippen LogP contribution in [0.2, 0.25) is 0 Å². The smallest absolute Gasteiger partial charge is 0.126 e. The minimum atomic E-state index is -0.193. The zero-order valence-electron chi connectivity index (χ0n) is 15.2. The maximum Gasteiger partial charge on any atom is 0.126 e. The van der Waals surface area contributed by atoms with E-state index in [2.05, 4.69) is 28.6 Å². The normalized spacial score (nSPS) is 14.1. The molecule has 0 saturated heterocycles. The Morgan fingerprint density at radius 2 is 2.12 bits per heavy atom. The van der Waals surface area contributed by atoms with Crippen LogP contribution in [0.4, 0.5) is 4.39 Å². The third-order valence-corrected chi connectivity index (χ3v) is 3.59. The van der Waals surface area contributed by atoms with Gasteiger partial charge in [-0.3, -0.25) is 9.98 Å². The number of rotatable bonds is 9. The second-order valence-electron chi connectivity index (χ2n) is 5.48. The fourth-order valence-corrected chi connectivity index (χ4v) is 2.22. The van der Waals surface area contributed by atoms with E-state index in [1.54, 1.807) is 37.7 Å². The minimum absolute atomic E-state index is 0.0191. The van der Waals surface area contributed by atoms with E-state index < -0.39 is 0 Å². The first-order chi connectivity index (χ1) is 12.0. The van der Waals surface area contributed by atoms with Gasteiger partial charge in [0.1, 0.15) is 5.82 Å². The Morgan fingerprint density at radius 1 is 1.36 bits per heavy atom. The van der Waals surface area contributed by atoms with E-state index in [4.69, 9.17) is 0 Å². The molecular formula is C21H26FN3. The molecule has 132 valence electrons. The molecule has 0 amide bonds. The Bertz CT molecular complexity index is 712. The minimum Gasteiger partial charge on any atom is -0.368 e. The van der Waals surface area contributed by atoms with Crippen molar-refractivity contribution in [2.24, 2.45) is 9.98 Å². The standard InChI is InChI=1S/C21H26FN3/c1-6-24-13-10-19(21(25-7-2)11-12-23-5)14-17(4)18-9-8-16(3)20(22)15-18/h6,8-15,17,24H,1,5,7H2,2-4H3/b12-11-,13-10-,19-14+,25-21?. The number of hydrogen-bond donors (Lipinski definition) is 1. The lowest BCUT2D eigenvalue weighted by Gasteiger charge is -2.11. The zero-order valence-corrected chi connectivity index (χ0v) is 15.2. The molecule has 0 aliphatic heterocycles. The number of hydrogen-bond acceptors (Lipinski definition) is 3. The van der Waals surface area contributed by atoms with Gasteiger partial charge in [0.15, 0.2) is 0 Å². The molecule has 25 heavy (non-hydrogen) atoms. The summed E-state index contributed by atoms with van der Waals surface area (Å²) in [5.74, 6) is -0.174. The highest BCUT2D eigenvalue weighted by molar-refractivity contribution is 6.10. The van der Waals surface area contributed by atoms with Crippen LogP contribution in [0.1, 0.15) is 30.9 Å². The zero-order chi connectivity index (χ0) is 18.7. The summed E-state index contributed by atoms with van der Waals surface area (Å²) in [6.45, 7) is 13.5. The van der Waals surface area contributed by atoms with E-state index in [-0.39, 0.29) is 11.7 Å². The second-order valence-corrected chi connectivity index (χ2v) is 5.48. The van der Waals surface area contributed by atoms with E-state index in [1.165, 1.54) is 0 Å². The topological polar surface area (TPSA) is 36.8 Å². The fourth-order valence-electron chi connectivity index (χ4n) is 2.22. The Labute approximate surface area is 150 Å². The summed E-state index contributed by atoms with van der Waals surface area (Å²) in [4.78, 5) is 8.27. The first kappa shape index (κ1) is 20.3. The van der Waals surface area contributed by atoms with Gasteiger partial charge in [0.25, 0.3) is 0 Å². The van der Waals surface area contributed by atoms with Crippen molar-refractivity contribution < 1.29 is 4.39 Å². The fraction of sp³-hybridized carbons (Fsp3) is 0.238. The predicted octanol–water partition coefficient (Wildman–Crippen LogP) is 5.09. The third kappa shape index (κ3) is 6.71. The van der Waals surface area contributed by atoms with Gasteiger partial charge in [-0.1, -0.05) is 31.7 Å². The first-order valence-corrected chi connectivity index (χ1v) is 8.22. The van der Waals surface area contributed by atoms with Gasteiger partial charge >= 0.3 is 0 Å². The van der Waals surface area contributed by atoms with Crippen molar-refractivity contribution in [1.82, 2.24) is 5.32 Å². The molecule has 0 heterocycles. The lowest BCUT2D eigenvalue weighted by Crippen LogP contribution is -2.03. The van der Waals surface area contributed by atoms with Crippen molar-refractivity contribution in [2.75, 3.05) is 6.54 Å². The molecule has 4 heteroatoms. The molecule has 0 saturated carbocycles. The number of aryl methyl sites for hydroxylation is 1. The molecular weight excluding hydrogens is 313 g/mol. The maximum absolute atomic E-state index is 13.9. The summed E-state index contributed by atoms with van der Waals surface area (Å²) >= 11 is 0. The van der Waals surface area contributed by atoms with Gasteiger partial charge in [-0.15, -0.1) is 0 Å². The van der Waals surface area contributed by atoms with Gasteiger partial charge in [-0.25, -0.2) is 4.39 Å². The Balaban J connectivity index is 3.27. The number of nitrogens with zero attached hydrogens (tertiary/aromatic N) is 2. The van der Waals surface area contributed by atoms with Crippen LogP contribution in [-0.2, 0) is 0 Å². The van der Waals surface area contributed by atoms with Crippen LogP contribution in [0.3, 0.4) is 0 Å². The summed E-state index contributed by atoms with van der Waals surface area (Å²) in [5, 5.41) is 2.93. The van der Waals surface area contributed by atoms with Crippen molar-refractivity contribution in [3.8, 4) is 0 Å². The number of aliphatic imine (C=N–C) groups is 2. The van der Waals surface area contributed by atoms with Crippen LogP contribution in [0.5, 0.6) is 0 Å². The second kappa shape index (κ2) is 10.9. The predicted molar refractivity (Wildman–Crippen MR) is 107 cm³/mol. The summed E-state index contributed by atoms with van der Waals surface area (Å²) in [6.07, 6.45) is 10.7. The van der Waals surface area contributed by atoms with Crippen LogP contribution in [0, 0.1) is 12.7 Å². The van der Waals surface area contributed by atoms with E-state index in [0.717, 1.165) is 16.8 Å². The molecule has 0 fully saturated rings. The molecule has 1 atom stereocenters. The molecule has 1 rings (SSSR count). The van der Waals surface area contributed by atoms with Crippen molar-refractivity contribution in [1.29, 1.82) is 0 Å². The molecule has 0 radical (unpaired) electrons. The Kier molecular flexibility index (Phi) is 8.86. The van der Waals surface area contributed by atoms with Crippen LogP contribution < -0.4 is 5.32 Å². The molecule has 1 aromatic rings.